The van der Waals surface area contributed by atoms with Crippen LogP contribution in [0, 0.1) is 10.8 Å². The molecular weight excluding hydrogens is 220 g/mol. The first-order chi connectivity index (χ1) is 4.27. The predicted octanol–water partition coefficient (Wildman–Crippen LogP) is 1.47. The van der Waals surface area contributed by atoms with Crippen molar-refractivity contribution in [3.05, 3.63) is 0 Å². The molecule has 0 aromatic heterocycles. The molecule has 0 aromatic carbocycles. The molecular formula is C6H8BrClFN. The zero-order chi connectivity index (χ0) is 6.74. The van der Waals surface area contributed by atoms with Crippen LogP contribution >= 0.6 is 28.3 Å². The summed E-state index contributed by atoms with van der Waals surface area (Å²) in [5.74, 6) is 2.46. The van der Waals surface area contributed by atoms with Crippen LogP contribution in [-0.4, -0.2) is 18.8 Å². The molecule has 1 fully saturated rings. The molecule has 1 N–H and O–H groups in total. The minimum absolute atomic E-state index is 0. The highest BCUT2D eigenvalue weighted by molar-refractivity contribution is 9.12. The molecule has 1 saturated heterocycles. The van der Waals surface area contributed by atoms with Gasteiger partial charge in [-0.1, -0.05) is 0 Å². The maximum Gasteiger partial charge on any atom is 0.185 e. The fraction of sp³-hybridized carbons (Fsp3) is 0.667. The van der Waals surface area contributed by atoms with Gasteiger partial charge in [-0.25, -0.2) is 4.39 Å². The van der Waals surface area contributed by atoms with E-state index < -0.39 is 5.67 Å². The summed E-state index contributed by atoms with van der Waals surface area (Å²) in [5, 5.41) is 2.90. The monoisotopic (exact) mass is 227 g/mol. The molecule has 1 unspecified atom stereocenters. The van der Waals surface area contributed by atoms with Crippen LogP contribution in [0.25, 0.3) is 0 Å². The fourth-order valence-electron chi connectivity index (χ4n) is 0.853. The molecule has 4 heteroatoms. The third kappa shape index (κ3) is 2.45. The summed E-state index contributed by atoms with van der Waals surface area (Å²) in [6.07, 6.45) is 0.506. The minimum atomic E-state index is -1.27. The molecule has 1 nitrogen and oxygen atoms in total. The van der Waals surface area contributed by atoms with Gasteiger partial charge in [0.15, 0.2) is 5.67 Å². The van der Waals surface area contributed by atoms with Gasteiger partial charge in [0.25, 0.3) is 0 Å². The lowest BCUT2D eigenvalue weighted by atomic mass is 10.1. The number of hydrogen-bond donors (Lipinski definition) is 1. The van der Waals surface area contributed by atoms with E-state index in [1.807, 2.05) is 0 Å². The highest BCUT2D eigenvalue weighted by atomic mass is 79.9. The van der Waals surface area contributed by atoms with E-state index in [1.165, 1.54) is 0 Å². The van der Waals surface area contributed by atoms with Crippen molar-refractivity contribution in [3.8, 4) is 10.8 Å². The molecule has 1 heterocycles. The van der Waals surface area contributed by atoms with E-state index in [9.17, 15) is 4.39 Å². The van der Waals surface area contributed by atoms with Gasteiger partial charge in [0.2, 0.25) is 0 Å². The molecule has 58 valence electrons. The number of rotatable bonds is 0. The first kappa shape index (κ1) is 10.2. The molecule has 10 heavy (non-hydrogen) atoms. The summed E-state index contributed by atoms with van der Waals surface area (Å²) in [7, 11) is 0. The van der Waals surface area contributed by atoms with Crippen LogP contribution in [0.1, 0.15) is 6.42 Å². The largest absolute Gasteiger partial charge is 0.312 e. The van der Waals surface area contributed by atoms with Crippen LogP contribution in [0.2, 0.25) is 0 Å². The van der Waals surface area contributed by atoms with Crippen LogP contribution < -0.4 is 5.32 Å². The Labute approximate surface area is 74.3 Å². The summed E-state index contributed by atoms with van der Waals surface area (Å²) in [6, 6.07) is 0. The van der Waals surface area contributed by atoms with E-state index >= 15 is 0 Å². The van der Waals surface area contributed by atoms with Crippen LogP contribution in [0.3, 0.4) is 0 Å². The van der Waals surface area contributed by atoms with E-state index in [-0.39, 0.29) is 12.4 Å². The average molecular weight is 228 g/mol. The first-order valence-electron chi connectivity index (χ1n) is 2.79. The maximum atomic E-state index is 13.0. The van der Waals surface area contributed by atoms with Crippen molar-refractivity contribution in [3.63, 3.8) is 0 Å². The number of hydrogen-bond acceptors (Lipinski definition) is 1. The Morgan fingerprint density at radius 1 is 1.60 bits per heavy atom. The van der Waals surface area contributed by atoms with Crippen molar-refractivity contribution in [2.24, 2.45) is 0 Å². The van der Waals surface area contributed by atoms with Crippen molar-refractivity contribution in [1.82, 2.24) is 5.32 Å². The van der Waals surface area contributed by atoms with Gasteiger partial charge in [0, 0.05) is 28.9 Å². The third-order valence-corrected chi connectivity index (χ3v) is 1.57. The van der Waals surface area contributed by atoms with Crippen molar-refractivity contribution in [2.75, 3.05) is 13.1 Å². The van der Waals surface area contributed by atoms with Crippen LogP contribution in [0.4, 0.5) is 4.39 Å². The molecule has 0 radical (unpaired) electrons. The molecule has 0 saturated carbocycles. The average Bonchev–Trinajstić information content (AvgIpc) is 2.16. The normalized spacial score (nSPS) is 30.2. The maximum absolute atomic E-state index is 13.0. The summed E-state index contributed by atoms with van der Waals surface area (Å²) in [4.78, 5) is 2.40. The van der Waals surface area contributed by atoms with E-state index in [1.54, 1.807) is 0 Å². The fourth-order valence-corrected chi connectivity index (χ4v) is 1.21. The van der Waals surface area contributed by atoms with Gasteiger partial charge in [0.05, 0.1) is 0 Å². The van der Waals surface area contributed by atoms with E-state index in [4.69, 9.17) is 0 Å². The van der Waals surface area contributed by atoms with Gasteiger partial charge in [-0.15, -0.1) is 12.4 Å². The van der Waals surface area contributed by atoms with E-state index in [2.05, 4.69) is 32.0 Å². The van der Waals surface area contributed by atoms with Gasteiger partial charge in [0.1, 0.15) is 0 Å². The van der Waals surface area contributed by atoms with Gasteiger partial charge in [-0.05, 0) is 17.3 Å². The second-order valence-corrected chi connectivity index (χ2v) is 2.51. The Hall–Kier alpha value is 0.220. The van der Waals surface area contributed by atoms with Gasteiger partial charge < -0.3 is 5.32 Å². The molecule has 0 amide bonds. The number of halogens is 3. The molecule has 0 aromatic rings. The minimum Gasteiger partial charge on any atom is -0.312 e. The van der Waals surface area contributed by atoms with Crippen LogP contribution in [-0.2, 0) is 0 Å². The number of nitrogens with one attached hydrogen (secondary N) is 1. The molecule has 1 atom stereocenters. The lowest BCUT2D eigenvalue weighted by molar-refractivity contribution is 0.272. The topological polar surface area (TPSA) is 12.0 Å². The number of alkyl halides is 1. The van der Waals surface area contributed by atoms with Gasteiger partial charge in [-0.2, -0.15) is 0 Å². The second-order valence-electron chi connectivity index (χ2n) is 2.11. The predicted molar refractivity (Wildman–Crippen MR) is 45.3 cm³/mol. The highest BCUT2D eigenvalue weighted by Crippen LogP contribution is 2.17. The second kappa shape index (κ2) is 4.17. The Kier molecular flexibility index (Phi) is 4.26. The van der Waals surface area contributed by atoms with Gasteiger partial charge >= 0.3 is 0 Å². The third-order valence-electron chi connectivity index (χ3n) is 1.37. The Bertz CT molecular complexity index is 157. The summed E-state index contributed by atoms with van der Waals surface area (Å²) >= 11 is 2.87. The quantitative estimate of drug-likeness (QED) is 0.619. The zero-order valence-corrected chi connectivity index (χ0v) is 7.69. The van der Waals surface area contributed by atoms with Crippen LogP contribution in [0.15, 0.2) is 0 Å². The molecule has 1 aliphatic rings. The molecule has 0 aliphatic carbocycles. The zero-order valence-electron chi connectivity index (χ0n) is 5.29. The molecule has 1 aliphatic heterocycles. The molecule has 1 rings (SSSR count). The SMILES string of the molecule is Cl.FC1(C#CBr)CCNC1. The Morgan fingerprint density at radius 3 is 2.70 bits per heavy atom. The lowest BCUT2D eigenvalue weighted by Gasteiger charge is -2.06. The van der Waals surface area contributed by atoms with Gasteiger partial charge in [-0.3, -0.25) is 0 Å². The van der Waals surface area contributed by atoms with E-state index in [0.29, 0.717) is 13.0 Å². The van der Waals surface area contributed by atoms with Crippen molar-refractivity contribution < 1.29 is 4.39 Å². The summed E-state index contributed by atoms with van der Waals surface area (Å²) in [5.41, 5.74) is -1.27. The molecule has 0 spiro atoms. The Balaban J connectivity index is 0.000000810. The smallest absolute Gasteiger partial charge is 0.185 e. The molecule has 0 bridgehead atoms. The van der Waals surface area contributed by atoms with Crippen LogP contribution in [0.5, 0.6) is 0 Å². The highest BCUT2D eigenvalue weighted by Gasteiger charge is 2.30. The summed E-state index contributed by atoms with van der Waals surface area (Å²) in [6.45, 7) is 1.10. The van der Waals surface area contributed by atoms with Crippen molar-refractivity contribution >= 4 is 28.3 Å². The lowest BCUT2D eigenvalue weighted by Crippen LogP contribution is -2.23. The standard InChI is InChI=1S/C6H7BrFN.ClH/c7-3-1-6(8)2-4-9-5-6;/h9H,2,4-5H2;1H. The van der Waals surface area contributed by atoms with E-state index in [0.717, 1.165) is 6.54 Å². The Morgan fingerprint density at radius 2 is 2.30 bits per heavy atom. The van der Waals surface area contributed by atoms with Crippen molar-refractivity contribution in [2.45, 2.75) is 12.1 Å². The summed E-state index contributed by atoms with van der Waals surface area (Å²) < 4.78 is 13.0. The first-order valence-corrected chi connectivity index (χ1v) is 3.59. The van der Waals surface area contributed by atoms with Crippen molar-refractivity contribution in [1.29, 1.82) is 0 Å².